The molecular weight excluding hydrogens is 357 g/mol. The minimum atomic E-state index is -5.84. The summed E-state index contributed by atoms with van der Waals surface area (Å²) in [5.74, 6) is 0.103. The van der Waals surface area contributed by atoms with Crippen LogP contribution >= 0.6 is 0 Å². The predicted molar refractivity (Wildman–Crippen MR) is 88.1 cm³/mol. The average Bonchev–Trinajstić information content (AvgIpc) is 2.52. The molecule has 2 rings (SSSR count). The molecule has 0 unspecified atom stereocenters. The van der Waals surface area contributed by atoms with Gasteiger partial charge < -0.3 is 0 Å². The van der Waals surface area contributed by atoms with Crippen molar-refractivity contribution in [1.82, 2.24) is 0 Å². The van der Waals surface area contributed by atoms with Crippen molar-refractivity contribution >= 4 is 15.9 Å². The Kier molecular flexibility index (Phi) is 6.50. The van der Waals surface area contributed by atoms with Crippen molar-refractivity contribution in [2.75, 3.05) is 0 Å². The van der Waals surface area contributed by atoms with E-state index in [0.717, 1.165) is 16.7 Å². The van der Waals surface area contributed by atoms with Crippen LogP contribution in [0, 0.1) is 20.8 Å². The normalized spacial score (nSPS) is 11.5. The second kappa shape index (κ2) is 7.79. The van der Waals surface area contributed by atoms with Gasteiger partial charge in [0.15, 0.2) is 5.78 Å². The van der Waals surface area contributed by atoms with E-state index in [9.17, 15) is 18.0 Å². The van der Waals surface area contributed by atoms with Crippen molar-refractivity contribution in [1.29, 1.82) is 0 Å². The molecule has 4 nitrogen and oxygen atoms in total. The molecule has 0 atom stereocenters. The van der Waals surface area contributed by atoms with Gasteiger partial charge in [-0.15, -0.1) is 0 Å². The molecule has 0 aromatic heterocycles. The van der Waals surface area contributed by atoms with E-state index in [-0.39, 0.29) is 5.78 Å². The van der Waals surface area contributed by atoms with E-state index < -0.39 is 15.6 Å². The first kappa shape index (κ1) is 20.9. The Balaban J connectivity index is 0.000000333. The molecule has 2 aromatic rings. The van der Waals surface area contributed by atoms with Gasteiger partial charge in [-0.3, -0.25) is 9.35 Å². The Bertz CT molecular complexity index is 857. The van der Waals surface area contributed by atoms with Crippen molar-refractivity contribution in [3.63, 3.8) is 0 Å². The molecule has 0 aliphatic rings. The monoisotopic (exact) mass is 374 g/mol. The number of aryl methyl sites for hydroxylation is 1. The average molecular weight is 374 g/mol. The van der Waals surface area contributed by atoms with Crippen LogP contribution in [-0.4, -0.2) is 24.3 Å². The lowest BCUT2D eigenvalue weighted by molar-refractivity contribution is -0.0510. The van der Waals surface area contributed by atoms with Gasteiger partial charge in [-0.1, -0.05) is 42.5 Å². The Morgan fingerprint density at radius 2 is 1.40 bits per heavy atom. The van der Waals surface area contributed by atoms with Gasteiger partial charge in [0, 0.05) is 11.1 Å². The molecule has 136 valence electrons. The second-order valence-electron chi connectivity index (χ2n) is 5.30. The van der Waals surface area contributed by atoms with E-state index in [1.54, 1.807) is 0 Å². The first-order valence-corrected chi connectivity index (χ1v) is 8.50. The number of carbonyl (C=O) groups is 1. The van der Waals surface area contributed by atoms with E-state index in [2.05, 4.69) is 13.8 Å². The quantitative estimate of drug-likeness (QED) is 0.485. The fraction of sp³-hybridized carbons (Fsp3) is 0.235. The van der Waals surface area contributed by atoms with Crippen LogP contribution in [0.5, 0.6) is 0 Å². The van der Waals surface area contributed by atoms with Gasteiger partial charge in [-0.05, 0) is 37.5 Å². The fourth-order valence-electron chi connectivity index (χ4n) is 1.95. The molecule has 0 aliphatic heterocycles. The van der Waals surface area contributed by atoms with E-state index in [1.165, 1.54) is 11.1 Å². The van der Waals surface area contributed by atoms with Crippen molar-refractivity contribution in [3.05, 3.63) is 70.3 Å². The third-order valence-electron chi connectivity index (χ3n) is 3.63. The fourth-order valence-corrected chi connectivity index (χ4v) is 1.95. The standard InChI is InChI=1S/C16H16O.CHF3O3S/c1-11-9-10-15(13(3)12(11)2)16(17)14-7-5-4-6-8-14;2-1(3,4)8(5,6)7/h4-10H,1-3H3;(H,5,6,7). The maximum absolute atomic E-state index is 12.3. The number of rotatable bonds is 2. The topological polar surface area (TPSA) is 71.4 Å². The number of ketones is 1. The van der Waals surface area contributed by atoms with Crippen LogP contribution in [0.1, 0.15) is 32.6 Å². The molecule has 1 N–H and O–H groups in total. The summed E-state index contributed by atoms with van der Waals surface area (Å²) in [7, 11) is -5.84. The van der Waals surface area contributed by atoms with Crippen LogP contribution in [0.2, 0.25) is 0 Å². The summed E-state index contributed by atoms with van der Waals surface area (Å²) in [5.41, 5.74) is -0.469. The van der Waals surface area contributed by atoms with Gasteiger partial charge in [0.2, 0.25) is 0 Å². The number of alkyl halides is 3. The predicted octanol–water partition coefficient (Wildman–Crippen LogP) is 4.24. The van der Waals surface area contributed by atoms with Gasteiger partial charge in [-0.25, -0.2) is 0 Å². The molecule has 0 spiro atoms. The molecule has 0 heterocycles. The third kappa shape index (κ3) is 5.40. The van der Waals surface area contributed by atoms with Crippen LogP contribution in [0.3, 0.4) is 0 Å². The molecular formula is C17H17F3O4S. The summed E-state index contributed by atoms with van der Waals surface area (Å²) in [4.78, 5) is 12.3. The highest BCUT2D eigenvalue weighted by molar-refractivity contribution is 7.86. The Labute approximate surface area is 144 Å². The largest absolute Gasteiger partial charge is 0.522 e. The molecule has 0 saturated carbocycles. The highest BCUT2D eigenvalue weighted by Crippen LogP contribution is 2.21. The van der Waals surface area contributed by atoms with E-state index in [1.807, 2.05) is 49.4 Å². The van der Waals surface area contributed by atoms with Crippen LogP contribution in [0.25, 0.3) is 0 Å². The zero-order valence-electron chi connectivity index (χ0n) is 13.8. The zero-order chi connectivity index (χ0) is 19.4. The molecule has 2 aromatic carbocycles. The Morgan fingerprint density at radius 3 is 1.84 bits per heavy atom. The molecule has 0 fully saturated rings. The minimum Gasteiger partial charge on any atom is -0.289 e. The number of carbonyl (C=O) groups excluding carboxylic acids is 1. The molecule has 25 heavy (non-hydrogen) atoms. The van der Waals surface area contributed by atoms with E-state index in [4.69, 9.17) is 13.0 Å². The SMILES string of the molecule is Cc1ccc(C(=O)c2ccccc2)c(C)c1C.O=S(=O)(O)C(F)(F)F. The highest BCUT2D eigenvalue weighted by Gasteiger charge is 2.44. The molecule has 8 heteroatoms. The molecule has 0 amide bonds. The zero-order valence-corrected chi connectivity index (χ0v) is 14.6. The minimum absolute atomic E-state index is 0.103. The summed E-state index contributed by atoms with van der Waals surface area (Å²) in [6.07, 6.45) is 0. The first-order valence-electron chi connectivity index (χ1n) is 7.06. The lowest BCUT2D eigenvalue weighted by Crippen LogP contribution is -2.21. The summed E-state index contributed by atoms with van der Waals surface area (Å²) in [6, 6.07) is 13.4. The maximum Gasteiger partial charge on any atom is 0.522 e. The van der Waals surface area contributed by atoms with Crippen LogP contribution in [0.4, 0.5) is 13.2 Å². The van der Waals surface area contributed by atoms with Crippen molar-refractivity contribution in [2.45, 2.75) is 26.3 Å². The lowest BCUT2D eigenvalue weighted by Gasteiger charge is -2.10. The molecule has 0 bridgehead atoms. The number of halogens is 3. The van der Waals surface area contributed by atoms with E-state index >= 15 is 0 Å². The summed E-state index contributed by atoms with van der Waals surface area (Å²) in [5, 5.41) is 0. The molecule has 0 aliphatic carbocycles. The van der Waals surface area contributed by atoms with Gasteiger partial charge in [-0.2, -0.15) is 21.6 Å². The summed E-state index contributed by atoms with van der Waals surface area (Å²) in [6.45, 7) is 6.14. The maximum atomic E-state index is 12.3. The van der Waals surface area contributed by atoms with Gasteiger partial charge in [0.1, 0.15) is 0 Å². The Hall–Kier alpha value is -2.19. The van der Waals surface area contributed by atoms with Crippen molar-refractivity contribution < 1.29 is 30.9 Å². The van der Waals surface area contributed by atoms with Gasteiger partial charge in [0.25, 0.3) is 0 Å². The summed E-state index contributed by atoms with van der Waals surface area (Å²) >= 11 is 0. The van der Waals surface area contributed by atoms with Gasteiger partial charge >= 0.3 is 15.6 Å². The van der Waals surface area contributed by atoms with Crippen LogP contribution in [-0.2, 0) is 10.1 Å². The third-order valence-corrected chi connectivity index (χ3v) is 4.22. The number of hydrogen-bond acceptors (Lipinski definition) is 3. The van der Waals surface area contributed by atoms with Crippen molar-refractivity contribution in [3.8, 4) is 0 Å². The number of benzene rings is 2. The first-order chi connectivity index (χ1) is 11.4. The van der Waals surface area contributed by atoms with Crippen LogP contribution in [0.15, 0.2) is 42.5 Å². The molecule has 0 radical (unpaired) electrons. The number of hydrogen-bond donors (Lipinski definition) is 1. The van der Waals surface area contributed by atoms with Gasteiger partial charge in [0.05, 0.1) is 0 Å². The molecule has 0 saturated heterocycles. The lowest BCUT2D eigenvalue weighted by atomic mass is 9.93. The van der Waals surface area contributed by atoms with Crippen molar-refractivity contribution in [2.24, 2.45) is 0 Å². The second-order valence-corrected chi connectivity index (χ2v) is 6.71. The van der Waals surface area contributed by atoms with E-state index in [0.29, 0.717) is 0 Å². The Morgan fingerprint density at radius 1 is 0.920 bits per heavy atom. The highest BCUT2D eigenvalue weighted by atomic mass is 32.2. The summed E-state index contributed by atoms with van der Waals surface area (Å²) < 4.78 is 57.5. The smallest absolute Gasteiger partial charge is 0.289 e. The van der Waals surface area contributed by atoms with Crippen LogP contribution < -0.4 is 0 Å².